The SMILES string of the molecule is NC1CCC(CNc2nc(NCc3ccccc3Cl)ncc2[N+](=O)[O-])CC1.NC1CCC(CNc2nc(NCc3ccccc3OC(F)F)ncc2[N+](=O)[O-])CC1.O=[N+]([O-])c1cnc(NCc2ccccc2OC(F)(F)F)nc1NCC1CCC(NCCc2cccnc2)CC1.O=[N+]([O-])c1cnc(NCc2cccnc2OCC(F)(F)F)nc1NCC1CCC(N2CCC2)CC1. The number of nitrogens with one attached hydrogen (secondary N) is 9. The Balaban J connectivity index is 0.000000170. The summed E-state index contributed by atoms with van der Waals surface area (Å²) in [7, 11) is 0. The van der Waals surface area contributed by atoms with E-state index in [-0.39, 0.29) is 119 Å². The number of hydrogen-bond donors (Lipinski definition) is 11. The van der Waals surface area contributed by atoms with Gasteiger partial charge in [0.25, 0.3) is 0 Å². The average Bonchev–Trinajstić information content (AvgIpc) is 0.839. The van der Waals surface area contributed by atoms with Crippen LogP contribution in [0, 0.1) is 64.1 Å². The minimum absolute atomic E-state index is 0.0266. The van der Waals surface area contributed by atoms with Crippen LogP contribution in [-0.4, -0.2) is 170 Å². The molecule has 704 valence electrons. The lowest BCUT2D eigenvalue weighted by Crippen LogP contribution is -2.46. The molecule has 13 N–H and O–H groups in total. The third-order valence-electron chi connectivity index (χ3n) is 22.8. The molecule has 37 nitrogen and oxygen atoms in total. The molecule has 3 aromatic carbocycles. The highest BCUT2D eigenvalue weighted by Crippen LogP contribution is 2.36. The number of likely N-dealkylation sites (tertiary alicyclic amines) is 1. The number of nitro groups is 4. The average molecular weight is 1850 g/mol. The third kappa shape index (κ3) is 32.7. The maximum atomic E-state index is 12.7. The quantitative estimate of drug-likeness (QED) is 0.00972. The first kappa shape index (κ1) is 98.8. The fourth-order valence-corrected chi connectivity index (χ4v) is 15.7. The number of rotatable bonds is 38. The van der Waals surface area contributed by atoms with Crippen molar-refractivity contribution in [3.8, 4) is 17.4 Å². The summed E-state index contributed by atoms with van der Waals surface area (Å²) in [4.78, 5) is 86.9. The molecule has 0 spiro atoms. The minimum atomic E-state index is -4.83. The largest absolute Gasteiger partial charge is 0.573 e. The number of nitrogens with zero attached hydrogens (tertiary/aromatic N) is 15. The summed E-state index contributed by atoms with van der Waals surface area (Å²) in [5.41, 5.74) is 14.2. The van der Waals surface area contributed by atoms with Crippen molar-refractivity contribution < 1.29 is 69.0 Å². The molecular weight excluding hydrogens is 1750 g/mol. The molecule has 46 heteroatoms. The van der Waals surface area contributed by atoms with Crippen LogP contribution < -0.4 is 73.5 Å². The van der Waals surface area contributed by atoms with Crippen molar-refractivity contribution >= 4 is 81.4 Å². The molecule has 4 saturated carbocycles. The zero-order valence-corrected chi connectivity index (χ0v) is 72.2. The van der Waals surface area contributed by atoms with Gasteiger partial charge >= 0.3 is 41.9 Å². The second kappa shape index (κ2) is 49.3. The Labute approximate surface area is 753 Å². The number of halogens is 9. The lowest BCUT2D eigenvalue weighted by atomic mass is 9.84. The molecule has 131 heavy (non-hydrogen) atoms. The van der Waals surface area contributed by atoms with Gasteiger partial charge < -0.3 is 78.4 Å². The maximum absolute atomic E-state index is 12.7. The van der Waals surface area contributed by atoms with Crippen molar-refractivity contribution in [3.05, 3.63) is 214 Å². The van der Waals surface area contributed by atoms with Crippen LogP contribution >= 0.6 is 11.6 Å². The number of aromatic nitrogens is 10. The second-order valence-corrected chi connectivity index (χ2v) is 32.6. The number of ether oxygens (including phenoxy) is 3. The van der Waals surface area contributed by atoms with Crippen molar-refractivity contribution in [1.29, 1.82) is 0 Å². The van der Waals surface area contributed by atoms with E-state index >= 15 is 0 Å². The molecule has 6 aromatic heterocycles. The van der Waals surface area contributed by atoms with Crippen LogP contribution in [0.3, 0.4) is 0 Å². The summed E-state index contributed by atoms with van der Waals surface area (Å²) in [6.45, 7) is 1.63. The van der Waals surface area contributed by atoms with E-state index in [9.17, 15) is 75.6 Å². The van der Waals surface area contributed by atoms with Gasteiger partial charge in [0.05, 0.1) is 19.7 Å². The fraction of sp³-hybridized carbons (Fsp3) is 0.482. The maximum Gasteiger partial charge on any atom is 0.573 e. The Bertz CT molecular complexity index is 5140. The van der Waals surface area contributed by atoms with E-state index in [4.69, 9.17) is 27.8 Å². The van der Waals surface area contributed by atoms with Crippen LogP contribution in [0.4, 0.5) is 105 Å². The number of para-hydroxylation sites is 2. The molecule has 1 saturated heterocycles. The minimum Gasteiger partial charge on any atom is -0.468 e. The number of anilines is 8. The lowest BCUT2D eigenvalue weighted by molar-refractivity contribution is -0.384. The van der Waals surface area contributed by atoms with E-state index in [1.165, 1.54) is 61.7 Å². The van der Waals surface area contributed by atoms with Crippen LogP contribution in [0.2, 0.25) is 5.02 Å². The predicted octanol–water partition coefficient (Wildman–Crippen LogP) is 16.2. The number of hydrogen-bond acceptors (Lipinski definition) is 33. The molecule has 0 atom stereocenters. The smallest absolute Gasteiger partial charge is 0.468 e. The number of pyridine rings is 2. The molecule has 0 bridgehead atoms. The first-order valence-electron chi connectivity index (χ1n) is 43.1. The van der Waals surface area contributed by atoms with E-state index in [2.05, 4.69) is 118 Å². The van der Waals surface area contributed by atoms with Gasteiger partial charge in [-0.05, 0) is 200 Å². The summed E-state index contributed by atoms with van der Waals surface area (Å²) in [5.74, 6) is 2.20. The van der Waals surface area contributed by atoms with Gasteiger partial charge in [0.15, 0.2) is 6.61 Å². The molecule has 9 aromatic rings. The Morgan fingerprint density at radius 3 is 1.25 bits per heavy atom. The first-order valence-corrected chi connectivity index (χ1v) is 43.4. The third-order valence-corrected chi connectivity index (χ3v) is 23.2. The molecule has 0 unspecified atom stereocenters. The highest BCUT2D eigenvalue weighted by atomic mass is 35.5. The Kier molecular flexibility index (Phi) is 37.2. The van der Waals surface area contributed by atoms with Crippen LogP contribution in [0.5, 0.6) is 17.4 Å². The molecular formula is C85H105ClF8N26O11. The van der Waals surface area contributed by atoms with Gasteiger partial charge in [0.1, 0.15) is 36.3 Å². The van der Waals surface area contributed by atoms with Gasteiger partial charge in [-0.15, -0.1) is 13.2 Å². The number of benzene rings is 3. The lowest BCUT2D eigenvalue weighted by Gasteiger charge is -2.42. The molecule has 0 amide bonds. The normalized spacial score (nSPS) is 19.0. The topological polar surface area (TPSA) is 493 Å². The van der Waals surface area contributed by atoms with Gasteiger partial charge in [-0.1, -0.05) is 78.3 Å². The van der Waals surface area contributed by atoms with E-state index in [1.807, 2.05) is 30.5 Å². The molecule has 5 aliphatic rings. The number of nitrogens with two attached hydrogens (primary N) is 2. The van der Waals surface area contributed by atoms with Gasteiger partial charge in [-0.3, -0.25) is 45.4 Å². The summed E-state index contributed by atoms with van der Waals surface area (Å²) in [6.07, 6.45) is 18.5. The Morgan fingerprint density at radius 2 is 0.847 bits per heavy atom. The van der Waals surface area contributed by atoms with E-state index in [1.54, 1.807) is 48.7 Å². The highest BCUT2D eigenvalue weighted by Gasteiger charge is 2.35. The van der Waals surface area contributed by atoms with E-state index < -0.39 is 45.5 Å². The van der Waals surface area contributed by atoms with Crippen molar-refractivity contribution in [1.82, 2.24) is 60.1 Å². The van der Waals surface area contributed by atoms with Crippen molar-refractivity contribution in [2.75, 3.05) is 95.0 Å². The zero-order chi connectivity index (χ0) is 93.2. The predicted molar refractivity (Wildman–Crippen MR) is 475 cm³/mol. The van der Waals surface area contributed by atoms with Crippen molar-refractivity contribution in [3.63, 3.8) is 0 Å². The van der Waals surface area contributed by atoms with Crippen LogP contribution in [0.15, 0.2) is 140 Å². The van der Waals surface area contributed by atoms with E-state index in [0.29, 0.717) is 90.6 Å². The molecule has 5 fully saturated rings. The van der Waals surface area contributed by atoms with Gasteiger partial charge in [0, 0.05) is 117 Å². The van der Waals surface area contributed by atoms with Gasteiger partial charge in [-0.25, -0.2) is 24.9 Å². The van der Waals surface area contributed by atoms with E-state index in [0.717, 1.165) is 140 Å². The first-order chi connectivity index (χ1) is 63.0. The van der Waals surface area contributed by atoms with Gasteiger partial charge in [0.2, 0.25) is 52.9 Å². The Morgan fingerprint density at radius 1 is 0.458 bits per heavy atom. The standard InChI is InChI=1S/C26H30F3N7O3.C22H28F3N7O3.C19H24F2N6O3.C18H23ClN6O2/c27-26(28,29)39-23-6-2-1-5-20(23)16-33-25-34-17-22(36(37)38)24(35-25)32-15-19-7-9-21(10-8-19)31-13-11-18-4-3-12-30-14-18;23-22(24,25)14-35-20-16(3-1-8-26-20)12-28-21-29-13-18(32(33)34)19(30-21)27-11-15-4-6-17(7-5-15)31-9-2-10-31;20-18(21)30-16-4-2-1-3-13(16)10-24-19-25-11-15(27(28)29)17(26-19)23-9-12-5-7-14(22)8-6-12;19-15-4-2-1-3-13(15)10-22-18-23-11-16(25(26)27)17(24-18)21-9-12-5-7-14(20)8-6-12/h1-6,12,14,17,19,21,31H,7-11,13,15-16H2,(H2,32,33,34,35);1,3,8,13,15,17H,2,4-7,9-12,14H2,(H2,27,28,29,30);1-4,11-12,14,18H,5-10,22H2,(H2,23,24,25,26);1-4,11-12,14H,5-10,20H2,(H2,21,22,23,24). The number of alkyl halides is 8. The summed E-state index contributed by atoms with van der Waals surface area (Å²) >= 11 is 6.14. The molecule has 14 rings (SSSR count). The fourth-order valence-electron chi connectivity index (χ4n) is 15.5. The molecule has 7 heterocycles. The second-order valence-electron chi connectivity index (χ2n) is 32.2. The zero-order valence-electron chi connectivity index (χ0n) is 71.4. The summed E-state index contributed by atoms with van der Waals surface area (Å²) < 4.78 is 114. The highest BCUT2D eigenvalue weighted by molar-refractivity contribution is 6.31. The van der Waals surface area contributed by atoms with Crippen LogP contribution in [-0.2, 0) is 32.6 Å². The molecule has 1 aliphatic heterocycles. The monoisotopic (exact) mass is 1850 g/mol. The van der Waals surface area contributed by atoms with Crippen molar-refractivity contribution in [2.45, 2.75) is 185 Å². The Hall–Kier alpha value is -12.8. The van der Waals surface area contributed by atoms with Gasteiger partial charge in [-0.2, -0.15) is 41.9 Å². The summed E-state index contributed by atoms with van der Waals surface area (Å²) in [5, 5.41) is 73.9. The van der Waals surface area contributed by atoms with Crippen LogP contribution in [0.1, 0.15) is 137 Å². The summed E-state index contributed by atoms with van der Waals surface area (Å²) in [6, 6.07) is 28.2. The van der Waals surface area contributed by atoms with Crippen LogP contribution in [0.25, 0.3) is 0 Å². The molecule has 0 radical (unpaired) electrons. The molecule has 4 aliphatic carbocycles. The van der Waals surface area contributed by atoms with Crippen molar-refractivity contribution in [2.24, 2.45) is 35.1 Å².